The molecule has 0 bridgehead atoms. The van der Waals surface area contributed by atoms with Crippen LogP contribution in [-0.2, 0) is 6.54 Å². The van der Waals surface area contributed by atoms with Crippen LogP contribution < -0.4 is 5.32 Å². The highest BCUT2D eigenvalue weighted by Gasteiger charge is 2.29. The molecule has 0 aliphatic carbocycles. The second-order valence-electron chi connectivity index (χ2n) is 7.89. The lowest BCUT2D eigenvalue weighted by Gasteiger charge is -2.32. The number of nitrogens with zero attached hydrogens (tertiary/aromatic N) is 6. The number of carbonyl (C=O) groups is 1. The number of anilines is 1. The molecule has 9 nitrogen and oxygen atoms in total. The van der Waals surface area contributed by atoms with Gasteiger partial charge in [0, 0.05) is 44.0 Å². The maximum absolute atomic E-state index is 13.0. The highest BCUT2D eigenvalue weighted by Crippen LogP contribution is 2.30. The van der Waals surface area contributed by atoms with Crippen molar-refractivity contribution in [1.82, 2.24) is 29.6 Å². The Balaban J connectivity index is 1.42. The minimum atomic E-state index is -0.0463. The Morgan fingerprint density at radius 1 is 1.34 bits per heavy atom. The Morgan fingerprint density at radius 3 is 3.03 bits per heavy atom. The van der Waals surface area contributed by atoms with Gasteiger partial charge in [-0.2, -0.15) is 9.61 Å². The van der Waals surface area contributed by atoms with Crippen molar-refractivity contribution in [3.63, 3.8) is 0 Å². The number of hydrogen-bond donors (Lipinski definition) is 1. The molecule has 1 N–H and O–H groups in total. The van der Waals surface area contributed by atoms with E-state index in [1.54, 1.807) is 23.8 Å². The average Bonchev–Trinajstić information content (AvgIpc) is 3.43. The minimum Gasteiger partial charge on any atom is -0.366 e. The van der Waals surface area contributed by atoms with Gasteiger partial charge in [-0.25, -0.2) is 4.98 Å². The molecule has 0 spiro atoms. The summed E-state index contributed by atoms with van der Waals surface area (Å²) in [5.74, 6) is 1.47. The highest BCUT2D eigenvalue weighted by molar-refractivity contribution is 9.10. The maximum atomic E-state index is 13.0. The third-order valence-electron chi connectivity index (χ3n) is 5.75. The largest absolute Gasteiger partial charge is 0.366 e. The molecule has 0 aromatic carbocycles. The summed E-state index contributed by atoms with van der Waals surface area (Å²) in [7, 11) is 0. The van der Waals surface area contributed by atoms with Crippen LogP contribution in [0.3, 0.4) is 0 Å². The quantitative estimate of drug-likeness (QED) is 0.448. The Hall–Kier alpha value is -3.27. The van der Waals surface area contributed by atoms with E-state index in [-0.39, 0.29) is 11.8 Å². The molecule has 4 aromatic heterocycles. The number of fused-ring (bicyclic) bond motifs is 1. The Kier molecular flexibility index (Phi) is 5.60. The van der Waals surface area contributed by atoms with Crippen molar-refractivity contribution in [3.8, 4) is 0 Å². The molecule has 5 heterocycles. The number of amides is 1. The van der Waals surface area contributed by atoms with Crippen molar-refractivity contribution in [2.75, 3.05) is 18.4 Å². The number of aromatic nitrogens is 5. The van der Waals surface area contributed by atoms with Gasteiger partial charge in [0.2, 0.25) is 0 Å². The van der Waals surface area contributed by atoms with Gasteiger partial charge >= 0.3 is 0 Å². The number of piperidine rings is 1. The number of hydrogen-bond acceptors (Lipinski definition) is 7. The number of nitrogens with one attached hydrogen (secondary N) is 1. The summed E-state index contributed by atoms with van der Waals surface area (Å²) in [6.45, 7) is 3.69. The van der Waals surface area contributed by atoms with Crippen molar-refractivity contribution in [3.05, 3.63) is 70.0 Å². The lowest BCUT2D eigenvalue weighted by molar-refractivity contribution is 0.0704. The average molecular weight is 496 g/mol. The molecule has 164 valence electrons. The molecule has 4 aromatic rings. The fourth-order valence-electron chi connectivity index (χ4n) is 4.06. The summed E-state index contributed by atoms with van der Waals surface area (Å²) >= 11 is 3.56. The monoisotopic (exact) mass is 495 g/mol. The first-order valence-corrected chi connectivity index (χ1v) is 11.3. The van der Waals surface area contributed by atoms with Gasteiger partial charge in [-0.3, -0.25) is 9.78 Å². The molecular weight excluding hydrogens is 474 g/mol. The third-order valence-corrected chi connectivity index (χ3v) is 6.31. The van der Waals surface area contributed by atoms with Crippen LogP contribution in [0.25, 0.3) is 5.65 Å². The lowest BCUT2D eigenvalue weighted by Crippen LogP contribution is -2.39. The molecule has 1 atom stereocenters. The molecule has 1 aliphatic rings. The molecule has 1 amide bonds. The number of aryl methyl sites for hydroxylation is 1. The number of carbonyl (C=O) groups excluding carboxylic acids is 1. The summed E-state index contributed by atoms with van der Waals surface area (Å²) in [6.07, 6.45) is 8.70. The molecule has 1 saturated heterocycles. The first-order chi connectivity index (χ1) is 15.6. The second kappa shape index (κ2) is 8.70. The molecule has 0 saturated carbocycles. The van der Waals surface area contributed by atoms with Crippen LogP contribution in [-0.4, -0.2) is 48.6 Å². The molecule has 10 heteroatoms. The first kappa shape index (κ1) is 20.6. The maximum Gasteiger partial charge on any atom is 0.259 e. The smallest absolute Gasteiger partial charge is 0.259 e. The van der Waals surface area contributed by atoms with Gasteiger partial charge in [-0.15, -0.1) is 0 Å². The zero-order valence-corrected chi connectivity index (χ0v) is 19.1. The molecule has 1 fully saturated rings. The molecule has 1 unspecified atom stereocenters. The van der Waals surface area contributed by atoms with Crippen LogP contribution in [0, 0.1) is 6.92 Å². The number of pyridine rings is 1. The molecule has 1 aliphatic heterocycles. The standard InChI is InChI=1S/C22H22BrN7O2/c1-14-17(11-27-32-14)22(31)29-7-3-5-16(13-29)19-8-20(25-10-15-4-2-6-24-9-15)30-21(28-19)18(23)12-26-30/h2,4,6,8-9,11-12,16,25H,3,5,7,10,13H2,1H3. The van der Waals surface area contributed by atoms with Gasteiger partial charge in [0.15, 0.2) is 5.65 Å². The molecule has 32 heavy (non-hydrogen) atoms. The summed E-state index contributed by atoms with van der Waals surface area (Å²) in [6, 6.07) is 5.97. The second-order valence-corrected chi connectivity index (χ2v) is 8.75. The van der Waals surface area contributed by atoms with E-state index in [0.717, 1.165) is 40.0 Å². The van der Waals surface area contributed by atoms with E-state index in [0.29, 0.717) is 31.0 Å². The van der Waals surface area contributed by atoms with Crippen molar-refractivity contribution < 1.29 is 9.32 Å². The first-order valence-electron chi connectivity index (χ1n) is 10.5. The van der Waals surface area contributed by atoms with E-state index < -0.39 is 0 Å². The minimum absolute atomic E-state index is 0.0463. The Labute approximate surface area is 193 Å². The van der Waals surface area contributed by atoms with Crippen LogP contribution in [0.15, 0.2) is 52.0 Å². The van der Waals surface area contributed by atoms with Crippen LogP contribution >= 0.6 is 15.9 Å². The zero-order chi connectivity index (χ0) is 22.1. The molecular formula is C22H22BrN7O2. The zero-order valence-electron chi connectivity index (χ0n) is 17.5. The van der Waals surface area contributed by atoms with E-state index >= 15 is 0 Å². The van der Waals surface area contributed by atoms with E-state index in [1.807, 2.05) is 29.3 Å². The van der Waals surface area contributed by atoms with Crippen LogP contribution in [0.5, 0.6) is 0 Å². The lowest BCUT2D eigenvalue weighted by atomic mass is 9.94. The van der Waals surface area contributed by atoms with E-state index in [2.05, 4.69) is 36.5 Å². The van der Waals surface area contributed by atoms with E-state index in [4.69, 9.17) is 9.51 Å². The third kappa shape index (κ3) is 3.97. The van der Waals surface area contributed by atoms with Crippen molar-refractivity contribution in [2.45, 2.75) is 32.2 Å². The number of likely N-dealkylation sites (tertiary alicyclic amines) is 1. The summed E-state index contributed by atoms with van der Waals surface area (Å²) < 4.78 is 7.70. The summed E-state index contributed by atoms with van der Waals surface area (Å²) in [5.41, 5.74) is 3.27. The van der Waals surface area contributed by atoms with Gasteiger partial charge < -0.3 is 14.7 Å². The summed E-state index contributed by atoms with van der Waals surface area (Å²) in [4.78, 5) is 23.9. The number of halogens is 1. The van der Waals surface area contributed by atoms with Crippen molar-refractivity contribution >= 4 is 33.3 Å². The van der Waals surface area contributed by atoms with Crippen molar-refractivity contribution in [2.24, 2.45) is 0 Å². The normalized spacial score (nSPS) is 16.4. The SMILES string of the molecule is Cc1oncc1C(=O)N1CCCC(c2cc(NCc3cccnc3)n3ncc(Br)c3n2)C1. The predicted octanol–water partition coefficient (Wildman–Crippen LogP) is 3.82. The predicted molar refractivity (Wildman–Crippen MR) is 121 cm³/mol. The van der Waals surface area contributed by atoms with Crippen molar-refractivity contribution in [1.29, 1.82) is 0 Å². The van der Waals surface area contributed by atoms with Gasteiger partial charge in [0.1, 0.15) is 17.1 Å². The number of rotatable bonds is 5. The fraction of sp³-hybridized carbons (Fsp3) is 0.318. The van der Waals surface area contributed by atoms with E-state index in [9.17, 15) is 4.79 Å². The van der Waals surface area contributed by atoms with Crippen LogP contribution in [0.2, 0.25) is 0 Å². The summed E-state index contributed by atoms with van der Waals surface area (Å²) in [5, 5.41) is 11.7. The van der Waals surface area contributed by atoms with Gasteiger partial charge in [0.05, 0.1) is 22.6 Å². The van der Waals surface area contributed by atoms with E-state index in [1.165, 1.54) is 6.20 Å². The Morgan fingerprint density at radius 2 is 2.25 bits per heavy atom. The Bertz CT molecular complexity index is 1250. The topological polar surface area (TPSA) is 101 Å². The fourth-order valence-corrected chi connectivity index (χ4v) is 4.41. The van der Waals surface area contributed by atoms with Gasteiger partial charge in [0.25, 0.3) is 5.91 Å². The molecule has 5 rings (SSSR count). The van der Waals surface area contributed by atoms with Gasteiger partial charge in [-0.05, 0) is 47.3 Å². The van der Waals surface area contributed by atoms with Crippen LogP contribution in [0.4, 0.5) is 5.82 Å². The molecule has 0 radical (unpaired) electrons. The van der Waals surface area contributed by atoms with Gasteiger partial charge in [-0.1, -0.05) is 11.2 Å². The van der Waals surface area contributed by atoms with Crippen LogP contribution in [0.1, 0.15) is 46.1 Å². The highest BCUT2D eigenvalue weighted by atomic mass is 79.9.